The third-order valence-corrected chi connectivity index (χ3v) is 4.14. The molecule has 4 heteroatoms. The van der Waals surface area contributed by atoms with Crippen molar-refractivity contribution >= 4 is 17.3 Å². The Morgan fingerprint density at radius 1 is 1.29 bits per heavy atom. The molecule has 0 aromatic heterocycles. The number of nitrogens with zero attached hydrogens (tertiary/aromatic N) is 1. The molecule has 0 saturated carbocycles. The van der Waals surface area contributed by atoms with Crippen molar-refractivity contribution in [3.63, 3.8) is 0 Å². The monoisotopic (exact) mass is 254 g/mol. The van der Waals surface area contributed by atoms with E-state index in [-0.39, 0.29) is 5.82 Å². The molecule has 92 valence electrons. The van der Waals surface area contributed by atoms with E-state index < -0.39 is 0 Å². The molecule has 3 atom stereocenters. The maximum absolute atomic E-state index is 13.6. The molecule has 3 unspecified atom stereocenters. The van der Waals surface area contributed by atoms with Crippen LogP contribution in [0.15, 0.2) is 18.2 Å². The van der Waals surface area contributed by atoms with Crippen LogP contribution in [0.2, 0.25) is 5.02 Å². The molecule has 2 saturated heterocycles. The minimum absolute atomic E-state index is 0.213. The Morgan fingerprint density at radius 3 is 3.00 bits per heavy atom. The van der Waals surface area contributed by atoms with Gasteiger partial charge in [0.15, 0.2) is 0 Å². The SMILES string of the molecule is Fc1ccc(Cl)cc1NC1CCN2CCC1C2. The average Bonchev–Trinajstić information content (AvgIpc) is 2.70. The summed E-state index contributed by atoms with van der Waals surface area (Å²) in [6, 6.07) is 5.08. The van der Waals surface area contributed by atoms with Gasteiger partial charge in [-0.25, -0.2) is 4.39 Å². The van der Waals surface area contributed by atoms with E-state index in [1.54, 1.807) is 12.1 Å². The van der Waals surface area contributed by atoms with Crippen LogP contribution >= 0.6 is 11.6 Å². The minimum atomic E-state index is -0.213. The second kappa shape index (κ2) is 4.46. The molecule has 0 spiro atoms. The molecule has 3 rings (SSSR count). The normalized spacial score (nSPS) is 31.5. The molecule has 0 amide bonds. The molecule has 1 aromatic rings. The lowest BCUT2D eigenvalue weighted by molar-refractivity contribution is 0.254. The van der Waals surface area contributed by atoms with E-state index in [1.165, 1.54) is 19.0 Å². The van der Waals surface area contributed by atoms with Gasteiger partial charge in [0.2, 0.25) is 0 Å². The van der Waals surface area contributed by atoms with Crippen LogP contribution in [0.3, 0.4) is 0 Å². The number of hydrogen-bond donors (Lipinski definition) is 1. The van der Waals surface area contributed by atoms with Gasteiger partial charge in [0.25, 0.3) is 0 Å². The van der Waals surface area contributed by atoms with E-state index in [4.69, 9.17) is 11.6 Å². The molecule has 1 N–H and O–H groups in total. The first-order valence-corrected chi connectivity index (χ1v) is 6.54. The Balaban J connectivity index is 1.75. The highest BCUT2D eigenvalue weighted by Gasteiger charge is 2.34. The lowest BCUT2D eigenvalue weighted by Gasteiger charge is -2.31. The first-order valence-electron chi connectivity index (χ1n) is 6.16. The van der Waals surface area contributed by atoms with Gasteiger partial charge in [0.1, 0.15) is 5.82 Å². The fourth-order valence-electron chi connectivity index (χ4n) is 2.95. The summed E-state index contributed by atoms with van der Waals surface area (Å²) in [5.41, 5.74) is 0.544. The summed E-state index contributed by atoms with van der Waals surface area (Å²) in [4.78, 5) is 2.48. The smallest absolute Gasteiger partial charge is 0.146 e. The molecule has 2 fully saturated rings. The number of piperidine rings is 1. The zero-order valence-corrected chi connectivity index (χ0v) is 10.4. The average molecular weight is 255 g/mol. The van der Waals surface area contributed by atoms with E-state index in [2.05, 4.69) is 10.2 Å². The van der Waals surface area contributed by atoms with Crippen molar-refractivity contribution in [1.29, 1.82) is 0 Å². The summed E-state index contributed by atoms with van der Waals surface area (Å²) in [6.45, 7) is 3.47. The highest BCUT2D eigenvalue weighted by atomic mass is 35.5. The zero-order valence-electron chi connectivity index (χ0n) is 9.63. The zero-order chi connectivity index (χ0) is 11.8. The van der Waals surface area contributed by atoms with Crippen molar-refractivity contribution in [3.05, 3.63) is 29.0 Å². The largest absolute Gasteiger partial charge is 0.380 e. The van der Waals surface area contributed by atoms with E-state index in [9.17, 15) is 4.39 Å². The number of rotatable bonds is 2. The highest BCUT2D eigenvalue weighted by Crippen LogP contribution is 2.30. The molecule has 2 aliphatic rings. The van der Waals surface area contributed by atoms with Gasteiger partial charge < -0.3 is 10.2 Å². The fraction of sp³-hybridized carbons (Fsp3) is 0.538. The van der Waals surface area contributed by atoms with Crippen LogP contribution in [0.25, 0.3) is 0 Å². The van der Waals surface area contributed by atoms with E-state index in [1.807, 2.05) is 0 Å². The van der Waals surface area contributed by atoms with Crippen LogP contribution < -0.4 is 5.32 Å². The number of benzene rings is 1. The van der Waals surface area contributed by atoms with E-state index in [0.29, 0.717) is 22.7 Å². The van der Waals surface area contributed by atoms with Crippen molar-refractivity contribution in [2.75, 3.05) is 25.0 Å². The van der Waals surface area contributed by atoms with Crippen LogP contribution in [0.4, 0.5) is 10.1 Å². The van der Waals surface area contributed by atoms with Crippen LogP contribution in [0.5, 0.6) is 0 Å². The summed E-state index contributed by atoms with van der Waals surface area (Å²) >= 11 is 5.90. The Labute approximate surface area is 106 Å². The Morgan fingerprint density at radius 2 is 2.12 bits per heavy atom. The number of nitrogens with one attached hydrogen (secondary N) is 1. The van der Waals surface area contributed by atoms with Gasteiger partial charge >= 0.3 is 0 Å². The molecule has 0 aliphatic carbocycles. The summed E-state index contributed by atoms with van der Waals surface area (Å²) in [7, 11) is 0. The third-order valence-electron chi connectivity index (χ3n) is 3.90. The van der Waals surface area contributed by atoms with Crippen molar-refractivity contribution in [3.8, 4) is 0 Å². The Bertz CT molecular complexity index is 424. The van der Waals surface area contributed by atoms with Crippen LogP contribution in [0, 0.1) is 11.7 Å². The van der Waals surface area contributed by atoms with Crippen molar-refractivity contribution in [1.82, 2.24) is 4.90 Å². The van der Waals surface area contributed by atoms with Crippen molar-refractivity contribution in [2.24, 2.45) is 5.92 Å². The fourth-order valence-corrected chi connectivity index (χ4v) is 3.12. The number of anilines is 1. The molecule has 2 bridgehead atoms. The maximum atomic E-state index is 13.6. The van der Waals surface area contributed by atoms with Crippen LogP contribution in [0.1, 0.15) is 12.8 Å². The predicted octanol–water partition coefficient (Wildman–Crippen LogP) is 2.99. The number of hydrogen-bond acceptors (Lipinski definition) is 2. The van der Waals surface area contributed by atoms with E-state index in [0.717, 1.165) is 19.5 Å². The topological polar surface area (TPSA) is 15.3 Å². The standard InChI is InChI=1S/C13H16ClFN2/c14-10-1-2-11(15)13(7-10)16-12-4-6-17-5-3-9(12)8-17/h1-2,7,9,12,16H,3-6,8H2. The summed E-state index contributed by atoms with van der Waals surface area (Å²) in [5.74, 6) is 0.442. The van der Waals surface area contributed by atoms with Crippen LogP contribution in [-0.2, 0) is 0 Å². The number of halogens is 2. The highest BCUT2D eigenvalue weighted by molar-refractivity contribution is 6.30. The molecule has 2 heterocycles. The second-order valence-electron chi connectivity index (χ2n) is 5.01. The molecular weight excluding hydrogens is 239 g/mol. The quantitative estimate of drug-likeness (QED) is 0.873. The minimum Gasteiger partial charge on any atom is -0.380 e. The van der Waals surface area contributed by atoms with Gasteiger partial charge in [-0.3, -0.25) is 0 Å². The van der Waals surface area contributed by atoms with Crippen LogP contribution in [-0.4, -0.2) is 30.6 Å². The van der Waals surface area contributed by atoms with Crippen molar-refractivity contribution < 1.29 is 4.39 Å². The summed E-state index contributed by atoms with van der Waals surface area (Å²) in [6.07, 6.45) is 2.32. The van der Waals surface area contributed by atoms with Gasteiger partial charge in [-0.1, -0.05) is 11.6 Å². The number of fused-ring (bicyclic) bond motifs is 2. The van der Waals surface area contributed by atoms with Gasteiger partial charge in [-0.2, -0.15) is 0 Å². The first kappa shape index (κ1) is 11.3. The maximum Gasteiger partial charge on any atom is 0.146 e. The predicted molar refractivity (Wildman–Crippen MR) is 68.0 cm³/mol. The van der Waals surface area contributed by atoms with Gasteiger partial charge in [0.05, 0.1) is 5.69 Å². The lowest BCUT2D eigenvalue weighted by Crippen LogP contribution is -2.39. The van der Waals surface area contributed by atoms with Crippen molar-refractivity contribution in [2.45, 2.75) is 18.9 Å². The second-order valence-corrected chi connectivity index (χ2v) is 5.45. The van der Waals surface area contributed by atoms with Gasteiger partial charge in [-0.15, -0.1) is 0 Å². The summed E-state index contributed by atoms with van der Waals surface area (Å²) in [5, 5.41) is 3.91. The lowest BCUT2D eigenvalue weighted by atomic mass is 9.94. The molecule has 1 aromatic carbocycles. The Kier molecular flexibility index (Phi) is 2.97. The van der Waals surface area contributed by atoms with Gasteiger partial charge in [0, 0.05) is 24.2 Å². The first-order chi connectivity index (χ1) is 8.22. The molecule has 17 heavy (non-hydrogen) atoms. The summed E-state index contributed by atoms with van der Waals surface area (Å²) < 4.78 is 13.6. The van der Waals surface area contributed by atoms with Gasteiger partial charge in [-0.05, 0) is 43.5 Å². The molecule has 2 aliphatic heterocycles. The third kappa shape index (κ3) is 2.26. The molecular formula is C13H16ClFN2. The Hall–Kier alpha value is -0.800. The van der Waals surface area contributed by atoms with E-state index >= 15 is 0 Å². The molecule has 2 nitrogen and oxygen atoms in total. The molecule has 0 radical (unpaired) electrons.